The van der Waals surface area contributed by atoms with E-state index in [9.17, 15) is 9.70 Å². The third-order valence-corrected chi connectivity index (χ3v) is 1.76. The van der Waals surface area contributed by atoms with Crippen LogP contribution < -0.4 is 0 Å². The topological polar surface area (TPSA) is 55.7 Å². The predicted octanol–water partition coefficient (Wildman–Crippen LogP) is 2.06. The molecule has 1 atom stereocenters. The average molecular weight is 193 g/mol. The first-order valence-electron chi connectivity index (χ1n) is 4.25. The van der Waals surface area contributed by atoms with Crippen molar-refractivity contribution in [1.82, 2.24) is 0 Å². The van der Waals surface area contributed by atoms with Gasteiger partial charge in [-0.3, -0.25) is 4.79 Å². The molecule has 1 aromatic rings. The first-order chi connectivity index (χ1) is 6.74. The number of benzene rings is 1. The van der Waals surface area contributed by atoms with Crippen LogP contribution in [0.25, 0.3) is 0 Å². The average Bonchev–Trinajstić information content (AvgIpc) is 2.20. The van der Waals surface area contributed by atoms with Crippen LogP contribution in [0.2, 0.25) is 0 Å². The van der Waals surface area contributed by atoms with Crippen LogP contribution in [0.3, 0.4) is 0 Å². The lowest BCUT2D eigenvalue weighted by atomic mass is 10.1. The maximum absolute atomic E-state index is 10.5. The minimum absolute atomic E-state index is 0.00282. The van der Waals surface area contributed by atoms with E-state index in [2.05, 4.69) is 5.18 Å². The number of carbonyl (C=O) groups excluding carboxylic acids is 1. The number of hydrogen-bond acceptors (Lipinski definition) is 4. The molecule has 0 heterocycles. The molecule has 0 aliphatic carbocycles. The fraction of sp³-hybridized carbons (Fsp3) is 0.300. The second kappa shape index (κ2) is 5.11. The SMILES string of the molecule is CC(=O)OCC(N=O)c1ccccc1. The molecule has 1 unspecified atom stereocenters. The molecule has 0 radical (unpaired) electrons. The summed E-state index contributed by atoms with van der Waals surface area (Å²) >= 11 is 0. The predicted molar refractivity (Wildman–Crippen MR) is 51.6 cm³/mol. The number of carbonyl (C=O) groups is 1. The number of hydrogen-bond donors (Lipinski definition) is 0. The van der Waals surface area contributed by atoms with Crippen molar-refractivity contribution in [3.8, 4) is 0 Å². The standard InChI is InChI=1S/C10H11NO3/c1-8(12)14-7-10(11-13)9-5-3-2-4-6-9/h2-6,10H,7H2,1H3. The molecule has 4 heteroatoms. The zero-order valence-corrected chi connectivity index (χ0v) is 7.84. The van der Waals surface area contributed by atoms with Gasteiger partial charge < -0.3 is 4.74 Å². The zero-order valence-electron chi connectivity index (χ0n) is 7.84. The van der Waals surface area contributed by atoms with E-state index >= 15 is 0 Å². The molecule has 0 spiro atoms. The molecular formula is C10H11NO3. The lowest BCUT2D eigenvalue weighted by Gasteiger charge is -2.08. The molecule has 1 aromatic carbocycles. The van der Waals surface area contributed by atoms with Crippen molar-refractivity contribution in [1.29, 1.82) is 0 Å². The van der Waals surface area contributed by atoms with Crippen LogP contribution >= 0.6 is 0 Å². The fourth-order valence-corrected chi connectivity index (χ4v) is 1.06. The lowest BCUT2D eigenvalue weighted by Crippen LogP contribution is -2.08. The van der Waals surface area contributed by atoms with Crippen LogP contribution in [-0.2, 0) is 9.53 Å². The van der Waals surface area contributed by atoms with Gasteiger partial charge in [-0.05, 0) is 5.56 Å². The summed E-state index contributed by atoms with van der Waals surface area (Å²) in [5.41, 5.74) is 0.753. The summed E-state index contributed by atoms with van der Waals surface area (Å²) in [6, 6.07) is 8.39. The normalized spacial score (nSPS) is 11.8. The van der Waals surface area contributed by atoms with Gasteiger partial charge in [0.25, 0.3) is 0 Å². The van der Waals surface area contributed by atoms with Gasteiger partial charge in [0.2, 0.25) is 0 Å². The van der Waals surface area contributed by atoms with Crippen LogP contribution in [0.5, 0.6) is 0 Å². The van der Waals surface area contributed by atoms with Crippen molar-refractivity contribution < 1.29 is 9.53 Å². The third kappa shape index (κ3) is 2.97. The zero-order chi connectivity index (χ0) is 10.4. The minimum Gasteiger partial charge on any atom is -0.463 e. The van der Waals surface area contributed by atoms with E-state index in [0.29, 0.717) is 0 Å². The summed E-state index contributed by atoms with van der Waals surface area (Å²) in [6.07, 6.45) is 0. The molecule has 0 bridgehead atoms. The van der Waals surface area contributed by atoms with E-state index in [4.69, 9.17) is 4.74 Å². The summed E-state index contributed by atoms with van der Waals surface area (Å²) < 4.78 is 4.72. The van der Waals surface area contributed by atoms with E-state index in [1.165, 1.54) is 6.92 Å². The Morgan fingerprint density at radius 3 is 2.57 bits per heavy atom. The van der Waals surface area contributed by atoms with Crippen molar-refractivity contribution in [3.63, 3.8) is 0 Å². The molecule has 0 saturated carbocycles. The number of nitrogens with zero attached hydrogens (tertiary/aromatic N) is 1. The number of nitroso groups, excluding NO2 is 1. The summed E-state index contributed by atoms with van der Waals surface area (Å²) in [5, 5.41) is 2.90. The summed E-state index contributed by atoms with van der Waals surface area (Å²) in [7, 11) is 0. The van der Waals surface area contributed by atoms with Gasteiger partial charge in [-0.15, -0.1) is 0 Å². The molecule has 0 fully saturated rings. The van der Waals surface area contributed by atoms with E-state index in [0.717, 1.165) is 5.56 Å². The van der Waals surface area contributed by atoms with Crippen LogP contribution in [-0.4, -0.2) is 12.6 Å². The Morgan fingerprint density at radius 1 is 1.43 bits per heavy atom. The first kappa shape index (κ1) is 10.4. The Kier molecular flexibility index (Phi) is 3.79. The maximum Gasteiger partial charge on any atom is 0.302 e. The van der Waals surface area contributed by atoms with Crippen molar-refractivity contribution in [2.24, 2.45) is 5.18 Å². The molecule has 14 heavy (non-hydrogen) atoms. The Labute approximate surface area is 81.9 Å². The van der Waals surface area contributed by atoms with Gasteiger partial charge >= 0.3 is 5.97 Å². The molecule has 4 nitrogen and oxygen atoms in total. The van der Waals surface area contributed by atoms with Crippen LogP contribution in [0, 0.1) is 4.91 Å². The molecule has 1 rings (SSSR count). The number of rotatable bonds is 4. The monoisotopic (exact) mass is 193 g/mol. The largest absolute Gasteiger partial charge is 0.463 e. The first-order valence-corrected chi connectivity index (χ1v) is 4.25. The van der Waals surface area contributed by atoms with E-state index < -0.39 is 12.0 Å². The van der Waals surface area contributed by atoms with E-state index in [1.807, 2.05) is 6.07 Å². The highest BCUT2D eigenvalue weighted by molar-refractivity contribution is 5.65. The lowest BCUT2D eigenvalue weighted by molar-refractivity contribution is -0.141. The Bertz CT molecular complexity index is 310. The fourth-order valence-electron chi connectivity index (χ4n) is 1.06. The molecule has 0 saturated heterocycles. The van der Waals surface area contributed by atoms with Crippen LogP contribution in [0.1, 0.15) is 18.5 Å². The Morgan fingerprint density at radius 2 is 2.07 bits per heavy atom. The van der Waals surface area contributed by atoms with Crippen molar-refractivity contribution in [2.75, 3.05) is 6.61 Å². The van der Waals surface area contributed by atoms with Gasteiger partial charge in [-0.2, -0.15) is 4.91 Å². The van der Waals surface area contributed by atoms with Crippen molar-refractivity contribution >= 4 is 5.97 Å². The van der Waals surface area contributed by atoms with Crippen molar-refractivity contribution in [2.45, 2.75) is 13.0 Å². The highest BCUT2D eigenvalue weighted by Crippen LogP contribution is 2.16. The van der Waals surface area contributed by atoms with Crippen LogP contribution in [0.15, 0.2) is 35.5 Å². The van der Waals surface area contributed by atoms with Gasteiger partial charge in [-0.1, -0.05) is 35.5 Å². The van der Waals surface area contributed by atoms with Gasteiger partial charge in [0.05, 0.1) is 0 Å². The van der Waals surface area contributed by atoms with Crippen molar-refractivity contribution in [3.05, 3.63) is 40.8 Å². The number of ether oxygens (including phenoxy) is 1. The minimum atomic E-state index is -0.611. The highest BCUT2D eigenvalue weighted by Gasteiger charge is 2.12. The molecule has 0 amide bonds. The number of esters is 1. The second-order valence-corrected chi connectivity index (χ2v) is 2.83. The third-order valence-electron chi connectivity index (χ3n) is 1.76. The summed E-state index contributed by atoms with van der Waals surface area (Å²) in [6.45, 7) is 1.30. The summed E-state index contributed by atoms with van der Waals surface area (Å²) in [5.74, 6) is -0.408. The van der Waals surface area contributed by atoms with Gasteiger partial charge in [0, 0.05) is 6.92 Å². The van der Waals surface area contributed by atoms with E-state index in [-0.39, 0.29) is 6.61 Å². The molecular weight excluding hydrogens is 182 g/mol. The molecule has 0 N–H and O–H groups in total. The van der Waals surface area contributed by atoms with Gasteiger partial charge in [-0.25, -0.2) is 0 Å². The molecule has 0 aromatic heterocycles. The Balaban J connectivity index is 2.63. The highest BCUT2D eigenvalue weighted by atomic mass is 16.5. The van der Waals surface area contributed by atoms with E-state index in [1.54, 1.807) is 24.3 Å². The molecule has 0 aliphatic heterocycles. The smallest absolute Gasteiger partial charge is 0.302 e. The Hall–Kier alpha value is -1.71. The van der Waals surface area contributed by atoms with Gasteiger partial charge in [0.15, 0.2) is 6.04 Å². The maximum atomic E-state index is 10.5. The van der Waals surface area contributed by atoms with Gasteiger partial charge in [0.1, 0.15) is 6.61 Å². The quantitative estimate of drug-likeness (QED) is 0.543. The second-order valence-electron chi connectivity index (χ2n) is 2.83. The molecule has 74 valence electrons. The molecule has 0 aliphatic rings. The van der Waals surface area contributed by atoms with Crippen LogP contribution in [0.4, 0.5) is 0 Å². The summed E-state index contributed by atoms with van der Waals surface area (Å²) in [4.78, 5) is 21.0.